The summed E-state index contributed by atoms with van der Waals surface area (Å²) in [5.74, 6) is 1.56. The molecule has 4 rings (SSSR count). The second-order valence-corrected chi connectivity index (χ2v) is 9.96. The number of imide groups is 1. The van der Waals surface area contributed by atoms with Gasteiger partial charge in [-0.15, -0.1) is 0 Å². The molecule has 0 saturated carbocycles. The zero-order chi connectivity index (χ0) is 24.8. The van der Waals surface area contributed by atoms with Crippen LogP contribution in [0.1, 0.15) is 16.7 Å². The van der Waals surface area contributed by atoms with Gasteiger partial charge in [0.15, 0.2) is 11.5 Å². The maximum absolute atomic E-state index is 12.9. The Kier molecular flexibility index (Phi) is 8.35. The lowest BCUT2D eigenvalue weighted by atomic mass is 10.1. The van der Waals surface area contributed by atoms with Gasteiger partial charge in [-0.1, -0.05) is 48.0 Å². The lowest BCUT2D eigenvalue weighted by Gasteiger charge is -2.14. The van der Waals surface area contributed by atoms with Gasteiger partial charge in [0.2, 0.25) is 0 Å². The predicted octanol–water partition coefficient (Wildman–Crippen LogP) is 6.30. The van der Waals surface area contributed by atoms with Crippen molar-refractivity contribution < 1.29 is 23.8 Å². The van der Waals surface area contributed by atoms with Crippen LogP contribution in [-0.2, 0) is 11.4 Å². The van der Waals surface area contributed by atoms with Crippen LogP contribution < -0.4 is 14.2 Å². The first-order valence-electron chi connectivity index (χ1n) is 10.9. The Balaban J connectivity index is 1.44. The molecule has 1 saturated heterocycles. The van der Waals surface area contributed by atoms with E-state index in [1.165, 1.54) is 10.5 Å². The molecular weight excluding hydrogens is 577 g/mol. The minimum absolute atomic E-state index is 0.184. The molecule has 1 heterocycles. The van der Waals surface area contributed by atoms with Crippen LogP contribution >= 0.6 is 34.4 Å². The number of thioether (sulfide) groups is 1. The van der Waals surface area contributed by atoms with Crippen molar-refractivity contribution in [1.82, 2.24) is 4.90 Å². The van der Waals surface area contributed by atoms with Crippen LogP contribution in [-0.4, -0.2) is 36.3 Å². The van der Waals surface area contributed by atoms with E-state index in [0.717, 1.165) is 26.5 Å². The minimum atomic E-state index is -0.328. The van der Waals surface area contributed by atoms with Crippen molar-refractivity contribution in [2.24, 2.45) is 0 Å². The Morgan fingerprint density at radius 2 is 1.74 bits per heavy atom. The largest absolute Gasteiger partial charge is 0.493 e. The molecule has 180 valence electrons. The third kappa shape index (κ3) is 6.37. The lowest BCUT2D eigenvalue weighted by molar-refractivity contribution is -0.123. The number of methoxy groups -OCH3 is 1. The molecular formula is C27H24INO5S. The van der Waals surface area contributed by atoms with Gasteiger partial charge in [-0.25, -0.2) is 0 Å². The van der Waals surface area contributed by atoms with Crippen molar-refractivity contribution in [1.29, 1.82) is 0 Å². The number of para-hydroxylation sites is 1. The average Bonchev–Trinajstić information content (AvgIpc) is 3.12. The Morgan fingerprint density at radius 3 is 2.46 bits per heavy atom. The highest BCUT2D eigenvalue weighted by Crippen LogP contribution is 2.37. The van der Waals surface area contributed by atoms with E-state index < -0.39 is 0 Å². The zero-order valence-electron chi connectivity index (χ0n) is 19.3. The molecule has 0 unspecified atom stereocenters. The number of aryl methyl sites for hydroxylation is 1. The fourth-order valence-electron chi connectivity index (χ4n) is 3.42. The maximum atomic E-state index is 12.9. The summed E-state index contributed by atoms with van der Waals surface area (Å²) in [5, 5.41) is -0.308. The molecule has 0 radical (unpaired) electrons. The standard InChI is InChI=1S/C27H24INO5S/c1-18-8-10-19(11-9-18)17-34-25-22(28)14-20(15-23(25)32-2)16-24-26(30)29(27(31)35-24)12-13-33-21-6-4-3-5-7-21/h3-11,14-16H,12-13,17H2,1-2H3/b24-16-. The van der Waals surface area contributed by atoms with Crippen LogP contribution in [0.3, 0.4) is 0 Å². The number of halogens is 1. The summed E-state index contributed by atoms with van der Waals surface area (Å²) in [6.07, 6.45) is 1.71. The summed E-state index contributed by atoms with van der Waals surface area (Å²) in [5.41, 5.74) is 3.00. The van der Waals surface area contributed by atoms with Crippen molar-refractivity contribution in [3.05, 3.63) is 91.9 Å². The van der Waals surface area contributed by atoms with Crippen LogP contribution in [0.4, 0.5) is 4.79 Å². The van der Waals surface area contributed by atoms with E-state index in [0.29, 0.717) is 28.8 Å². The fraction of sp³-hybridized carbons (Fsp3) is 0.185. The number of hydrogen-bond donors (Lipinski definition) is 0. The zero-order valence-corrected chi connectivity index (χ0v) is 22.3. The number of carbonyl (C=O) groups excluding carboxylic acids is 2. The van der Waals surface area contributed by atoms with Crippen molar-refractivity contribution >= 4 is 51.6 Å². The highest BCUT2D eigenvalue weighted by atomic mass is 127. The molecule has 6 nitrogen and oxygen atoms in total. The SMILES string of the molecule is COc1cc(/C=C2\SC(=O)N(CCOc3ccccc3)C2=O)cc(I)c1OCc1ccc(C)cc1. The number of hydrogen-bond acceptors (Lipinski definition) is 6. The summed E-state index contributed by atoms with van der Waals surface area (Å²) < 4.78 is 18.1. The number of nitrogens with zero attached hydrogens (tertiary/aromatic N) is 1. The maximum Gasteiger partial charge on any atom is 0.293 e. The fourth-order valence-corrected chi connectivity index (χ4v) is 5.06. The van der Waals surface area contributed by atoms with E-state index in [1.54, 1.807) is 19.3 Å². The van der Waals surface area contributed by atoms with Crippen molar-refractivity contribution in [3.63, 3.8) is 0 Å². The van der Waals surface area contributed by atoms with E-state index in [2.05, 4.69) is 22.6 Å². The molecule has 1 fully saturated rings. The number of rotatable bonds is 9. The quantitative estimate of drug-likeness (QED) is 0.212. The van der Waals surface area contributed by atoms with Crippen molar-refractivity contribution in [3.8, 4) is 17.2 Å². The first kappa shape index (κ1) is 25.1. The molecule has 0 N–H and O–H groups in total. The van der Waals surface area contributed by atoms with Crippen LogP contribution in [0.2, 0.25) is 0 Å². The van der Waals surface area contributed by atoms with Crippen molar-refractivity contribution in [2.45, 2.75) is 13.5 Å². The molecule has 0 spiro atoms. The monoisotopic (exact) mass is 601 g/mol. The Labute approximate surface area is 222 Å². The molecule has 0 bridgehead atoms. The lowest BCUT2D eigenvalue weighted by Crippen LogP contribution is -2.32. The van der Waals surface area contributed by atoms with Gasteiger partial charge in [0.25, 0.3) is 11.1 Å². The van der Waals surface area contributed by atoms with Gasteiger partial charge < -0.3 is 14.2 Å². The number of amides is 2. The molecule has 1 aliphatic rings. The van der Waals surface area contributed by atoms with E-state index in [1.807, 2.05) is 67.6 Å². The molecule has 0 atom stereocenters. The van der Waals surface area contributed by atoms with Crippen LogP contribution in [0.5, 0.6) is 17.2 Å². The molecule has 2 amide bonds. The second kappa shape index (κ2) is 11.6. The van der Waals surface area contributed by atoms with Gasteiger partial charge in [0.1, 0.15) is 19.0 Å². The summed E-state index contributed by atoms with van der Waals surface area (Å²) >= 11 is 3.11. The van der Waals surface area contributed by atoms with Gasteiger partial charge in [-0.2, -0.15) is 0 Å². The Morgan fingerprint density at radius 1 is 1.00 bits per heavy atom. The van der Waals surface area contributed by atoms with Crippen LogP contribution in [0, 0.1) is 10.5 Å². The third-order valence-electron chi connectivity index (χ3n) is 5.25. The summed E-state index contributed by atoms with van der Waals surface area (Å²) in [7, 11) is 1.58. The Hall–Kier alpha value is -2.98. The topological polar surface area (TPSA) is 65.1 Å². The number of benzene rings is 3. The van der Waals surface area contributed by atoms with Gasteiger partial charge in [-0.05, 0) is 82.7 Å². The van der Waals surface area contributed by atoms with Gasteiger partial charge in [0, 0.05) is 0 Å². The van der Waals surface area contributed by atoms with Gasteiger partial charge in [0.05, 0.1) is 22.1 Å². The molecule has 8 heteroatoms. The molecule has 0 aromatic heterocycles. The van der Waals surface area contributed by atoms with Crippen molar-refractivity contribution in [2.75, 3.05) is 20.3 Å². The number of ether oxygens (including phenoxy) is 3. The number of carbonyl (C=O) groups is 2. The summed E-state index contributed by atoms with van der Waals surface area (Å²) in [6.45, 7) is 2.87. The minimum Gasteiger partial charge on any atom is -0.493 e. The van der Waals surface area contributed by atoms with Gasteiger partial charge in [-0.3, -0.25) is 14.5 Å². The van der Waals surface area contributed by atoms with E-state index >= 15 is 0 Å². The van der Waals surface area contributed by atoms with E-state index in [4.69, 9.17) is 14.2 Å². The van der Waals surface area contributed by atoms with E-state index in [9.17, 15) is 9.59 Å². The Bertz CT molecular complexity index is 1240. The normalized spacial score (nSPS) is 14.5. The third-order valence-corrected chi connectivity index (χ3v) is 6.96. The second-order valence-electron chi connectivity index (χ2n) is 7.80. The molecule has 0 aliphatic carbocycles. The molecule has 3 aromatic carbocycles. The molecule has 1 aliphatic heterocycles. The van der Waals surface area contributed by atoms with Crippen LogP contribution in [0.15, 0.2) is 71.6 Å². The highest BCUT2D eigenvalue weighted by molar-refractivity contribution is 14.1. The average molecular weight is 601 g/mol. The highest BCUT2D eigenvalue weighted by Gasteiger charge is 2.34. The first-order chi connectivity index (χ1) is 16.9. The summed E-state index contributed by atoms with van der Waals surface area (Å²) in [4.78, 5) is 26.9. The molecule has 3 aromatic rings. The van der Waals surface area contributed by atoms with Crippen LogP contribution in [0.25, 0.3) is 6.08 Å². The first-order valence-corrected chi connectivity index (χ1v) is 12.8. The summed E-state index contributed by atoms with van der Waals surface area (Å²) in [6, 6.07) is 21.2. The predicted molar refractivity (Wildman–Crippen MR) is 146 cm³/mol. The molecule has 35 heavy (non-hydrogen) atoms. The smallest absolute Gasteiger partial charge is 0.293 e. The van der Waals surface area contributed by atoms with Gasteiger partial charge >= 0.3 is 0 Å². The van der Waals surface area contributed by atoms with E-state index in [-0.39, 0.29) is 24.3 Å².